The molecule has 1 saturated heterocycles. The number of guanidine groups is 1. The van der Waals surface area contributed by atoms with Crippen LogP contribution in [0.1, 0.15) is 39.5 Å². The van der Waals surface area contributed by atoms with Crippen LogP contribution in [0, 0.1) is 0 Å². The average Bonchev–Trinajstić information content (AvgIpc) is 2.49. The molecule has 0 aromatic rings. The van der Waals surface area contributed by atoms with Crippen LogP contribution in [-0.4, -0.2) is 56.4 Å². The number of piperidine rings is 1. The average molecular weight is 286 g/mol. The van der Waals surface area contributed by atoms with E-state index in [-0.39, 0.29) is 0 Å². The van der Waals surface area contributed by atoms with Gasteiger partial charge >= 0.3 is 0 Å². The molecule has 1 aliphatic heterocycles. The van der Waals surface area contributed by atoms with Crippen LogP contribution in [0.4, 0.5) is 0 Å². The molecule has 6 nitrogen and oxygen atoms in total. The van der Waals surface area contributed by atoms with Crippen molar-refractivity contribution in [1.82, 2.24) is 10.3 Å². The normalized spacial score (nSPS) is 20.2. The first-order chi connectivity index (χ1) is 9.81. The number of nitrogens with one attached hydrogen (secondary N) is 1. The third-order valence-corrected chi connectivity index (χ3v) is 3.28. The minimum atomic E-state index is 0.297. The Hall–Kier alpha value is -0.850. The maximum Gasteiger partial charge on any atom is 0.208 e. The zero-order chi connectivity index (χ0) is 14.6. The maximum atomic E-state index is 5.83. The first-order valence-corrected chi connectivity index (χ1v) is 7.77. The summed E-state index contributed by atoms with van der Waals surface area (Å²) in [4.78, 5) is 6.71. The van der Waals surface area contributed by atoms with Crippen LogP contribution >= 0.6 is 0 Å². The second-order valence-electron chi connectivity index (χ2n) is 4.98. The van der Waals surface area contributed by atoms with Crippen molar-refractivity contribution in [3.8, 4) is 0 Å². The Morgan fingerprint density at radius 2 is 2.25 bits per heavy atom. The maximum absolute atomic E-state index is 5.83. The second-order valence-corrected chi connectivity index (χ2v) is 4.98. The fourth-order valence-electron chi connectivity index (χ4n) is 2.28. The Bertz CT molecular complexity index is 274. The van der Waals surface area contributed by atoms with E-state index in [0.29, 0.717) is 6.10 Å². The van der Waals surface area contributed by atoms with Gasteiger partial charge in [0.2, 0.25) is 5.96 Å². The number of aliphatic imine (C=N–C) groups is 1. The minimum Gasteiger partial charge on any atom is -0.382 e. The van der Waals surface area contributed by atoms with Gasteiger partial charge in [-0.3, -0.25) is 10.4 Å². The molecular weight excluding hydrogens is 256 g/mol. The Labute approximate surface area is 122 Å². The quantitative estimate of drug-likeness (QED) is 0.230. The van der Waals surface area contributed by atoms with Crippen molar-refractivity contribution in [2.24, 2.45) is 10.8 Å². The second kappa shape index (κ2) is 10.9. The van der Waals surface area contributed by atoms with Gasteiger partial charge in [-0.2, -0.15) is 0 Å². The molecule has 1 rings (SSSR count). The molecule has 1 heterocycles. The van der Waals surface area contributed by atoms with Gasteiger partial charge in [-0.1, -0.05) is 6.92 Å². The molecule has 20 heavy (non-hydrogen) atoms. The summed E-state index contributed by atoms with van der Waals surface area (Å²) in [5, 5.41) is 0. The van der Waals surface area contributed by atoms with E-state index in [1.807, 2.05) is 6.92 Å². The Morgan fingerprint density at radius 3 is 2.95 bits per heavy atom. The highest BCUT2D eigenvalue weighted by Gasteiger charge is 2.22. The zero-order valence-electron chi connectivity index (χ0n) is 12.9. The van der Waals surface area contributed by atoms with Crippen LogP contribution in [0.25, 0.3) is 0 Å². The molecule has 0 aliphatic carbocycles. The largest absolute Gasteiger partial charge is 0.382 e. The molecule has 0 spiro atoms. The molecule has 3 N–H and O–H groups in total. The van der Waals surface area contributed by atoms with Crippen LogP contribution < -0.4 is 11.3 Å². The lowest BCUT2D eigenvalue weighted by atomic mass is 10.1. The molecule has 118 valence electrons. The van der Waals surface area contributed by atoms with Crippen molar-refractivity contribution in [1.29, 1.82) is 0 Å². The first kappa shape index (κ1) is 17.2. The summed E-state index contributed by atoms with van der Waals surface area (Å²) in [6.07, 6.45) is 4.52. The molecule has 1 aliphatic rings. The van der Waals surface area contributed by atoms with Crippen LogP contribution in [0.3, 0.4) is 0 Å². The van der Waals surface area contributed by atoms with Gasteiger partial charge in [0.25, 0.3) is 0 Å². The molecule has 0 bridgehead atoms. The third-order valence-electron chi connectivity index (χ3n) is 3.28. The SMILES string of the molecule is CCCOC1CCCN(C(=NCCCOCC)NN)C1. The summed E-state index contributed by atoms with van der Waals surface area (Å²) < 4.78 is 11.1. The van der Waals surface area contributed by atoms with Gasteiger partial charge in [-0.15, -0.1) is 0 Å². The standard InChI is InChI=1S/C14H30N4O2/c1-3-10-20-13-7-5-9-18(12-13)14(17-15)16-8-6-11-19-4-2/h13H,3-12,15H2,1-2H3,(H,16,17). The van der Waals surface area contributed by atoms with E-state index in [1.165, 1.54) is 0 Å². The monoisotopic (exact) mass is 286 g/mol. The first-order valence-electron chi connectivity index (χ1n) is 7.77. The van der Waals surface area contributed by atoms with Crippen molar-refractivity contribution in [2.75, 3.05) is 39.5 Å². The number of ether oxygens (including phenoxy) is 2. The van der Waals surface area contributed by atoms with Crippen molar-refractivity contribution < 1.29 is 9.47 Å². The molecule has 1 atom stereocenters. The molecule has 1 fully saturated rings. The highest BCUT2D eigenvalue weighted by atomic mass is 16.5. The summed E-state index contributed by atoms with van der Waals surface area (Å²) in [7, 11) is 0. The molecule has 6 heteroatoms. The van der Waals surface area contributed by atoms with E-state index in [1.54, 1.807) is 0 Å². The Kier molecular flexibility index (Phi) is 9.36. The summed E-state index contributed by atoms with van der Waals surface area (Å²) in [5.41, 5.74) is 2.72. The van der Waals surface area contributed by atoms with Gasteiger partial charge in [0, 0.05) is 39.5 Å². The fourth-order valence-corrected chi connectivity index (χ4v) is 2.28. The molecule has 0 aromatic carbocycles. The number of likely N-dealkylation sites (tertiary alicyclic amines) is 1. The van der Waals surface area contributed by atoms with Gasteiger partial charge in [0.15, 0.2) is 0 Å². The molecule has 0 aromatic heterocycles. The number of hydrogen-bond acceptors (Lipinski definition) is 4. The highest BCUT2D eigenvalue weighted by molar-refractivity contribution is 5.79. The van der Waals surface area contributed by atoms with Crippen LogP contribution in [0.2, 0.25) is 0 Å². The lowest BCUT2D eigenvalue weighted by Crippen LogP contribution is -2.50. The number of hydrogen-bond donors (Lipinski definition) is 2. The number of hydrazine groups is 1. The predicted octanol–water partition coefficient (Wildman–Crippen LogP) is 1.12. The number of rotatable bonds is 8. The van der Waals surface area contributed by atoms with Crippen molar-refractivity contribution in [3.05, 3.63) is 0 Å². The third kappa shape index (κ3) is 6.54. The van der Waals surface area contributed by atoms with Gasteiger partial charge in [-0.25, -0.2) is 5.84 Å². The van der Waals surface area contributed by atoms with Crippen LogP contribution in [0.15, 0.2) is 4.99 Å². The van der Waals surface area contributed by atoms with Crippen LogP contribution in [0.5, 0.6) is 0 Å². The van der Waals surface area contributed by atoms with Gasteiger partial charge in [-0.05, 0) is 32.6 Å². The van der Waals surface area contributed by atoms with Gasteiger partial charge in [0.1, 0.15) is 0 Å². The summed E-state index contributed by atoms with van der Waals surface area (Å²) in [6, 6.07) is 0. The fraction of sp³-hybridized carbons (Fsp3) is 0.929. The van der Waals surface area contributed by atoms with Gasteiger partial charge in [0.05, 0.1) is 6.10 Å². The molecular formula is C14H30N4O2. The van der Waals surface area contributed by atoms with Crippen LogP contribution in [-0.2, 0) is 9.47 Å². The smallest absolute Gasteiger partial charge is 0.208 e. The molecule has 0 radical (unpaired) electrons. The van der Waals surface area contributed by atoms with Gasteiger partial charge < -0.3 is 14.4 Å². The zero-order valence-corrected chi connectivity index (χ0v) is 12.9. The number of nitrogens with two attached hydrogens (primary N) is 1. The summed E-state index contributed by atoms with van der Waals surface area (Å²) in [5.74, 6) is 6.37. The van der Waals surface area contributed by atoms with E-state index < -0.39 is 0 Å². The van der Waals surface area contributed by atoms with Crippen molar-refractivity contribution >= 4 is 5.96 Å². The lowest BCUT2D eigenvalue weighted by Gasteiger charge is -2.34. The van der Waals surface area contributed by atoms with E-state index >= 15 is 0 Å². The van der Waals surface area contributed by atoms with E-state index in [4.69, 9.17) is 15.3 Å². The molecule has 1 unspecified atom stereocenters. The number of nitrogens with zero attached hydrogens (tertiary/aromatic N) is 2. The van der Waals surface area contributed by atoms with E-state index in [2.05, 4.69) is 22.2 Å². The Balaban J connectivity index is 2.36. The summed E-state index contributed by atoms with van der Waals surface area (Å²) in [6.45, 7) is 9.06. The molecule has 0 amide bonds. The highest BCUT2D eigenvalue weighted by Crippen LogP contribution is 2.13. The Morgan fingerprint density at radius 1 is 1.40 bits per heavy atom. The minimum absolute atomic E-state index is 0.297. The predicted molar refractivity (Wildman–Crippen MR) is 81.6 cm³/mol. The van der Waals surface area contributed by atoms with Crippen molar-refractivity contribution in [3.63, 3.8) is 0 Å². The van der Waals surface area contributed by atoms with E-state index in [0.717, 1.165) is 71.1 Å². The lowest BCUT2D eigenvalue weighted by molar-refractivity contribution is 0.0157. The van der Waals surface area contributed by atoms with Crippen molar-refractivity contribution in [2.45, 2.75) is 45.6 Å². The van der Waals surface area contributed by atoms with E-state index in [9.17, 15) is 0 Å². The summed E-state index contributed by atoms with van der Waals surface area (Å²) >= 11 is 0. The topological polar surface area (TPSA) is 72.1 Å². The molecule has 0 saturated carbocycles.